The average molecular weight is 378 g/mol. The molecule has 0 saturated carbocycles. The zero-order valence-corrected chi connectivity index (χ0v) is 15.4. The molecule has 1 N–H and O–H groups in total. The molecule has 5 rings (SSSR count). The molecule has 132 valence electrons. The highest BCUT2D eigenvalue weighted by Crippen LogP contribution is 2.33. The number of nitrogens with zero attached hydrogens (tertiary/aromatic N) is 3. The highest BCUT2D eigenvalue weighted by molar-refractivity contribution is 8.01. The summed E-state index contributed by atoms with van der Waals surface area (Å²) in [5.41, 5.74) is 0. The van der Waals surface area contributed by atoms with Crippen molar-refractivity contribution in [3.8, 4) is 0 Å². The Kier molecular flexibility index (Phi) is 4.75. The SMILES string of the molecule is CC1C(NC(=O)c2nnc(Sc3ccc(F)cc3)s2)C2CCN1CC2. The van der Waals surface area contributed by atoms with Gasteiger partial charge in [0.25, 0.3) is 5.91 Å². The van der Waals surface area contributed by atoms with E-state index in [1.54, 1.807) is 12.1 Å². The fraction of sp³-hybridized carbons (Fsp3) is 0.471. The monoisotopic (exact) mass is 378 g/mol. The molecule has 3 aliphatic rings. The Morgan fingerprint density at radius 2 is 2.00 bits per heavy atom. The largest absolute Gasteiger partial charge is 0.345 e. The van der Waals surface area contributed by atoms with E-state index in [1.165, 1.54) is 35.2 Å². The van der Waals surface area contributed by atoms with E-state index < -0.39 is 0 Å². The first-order chi connectivity index (χ1) is 12.1. The van der Waals surface area contributed by atoms with E-state index in [0.29, 0.717) is 21.3 Å². The minimum absolute atomic E-state index is 0.144. The van der Waals surface area contributed by atoms with Crippen molar-refractivity contribution in [2.75, 3.05) is 13.1 Å². The molecule has 2 unspecified atom stereocenters. The summed E-state index contributed by atoms with van der Waals surface area (Å²) >= 11 is 2.65. The van der Waals surface area contributed by atoms with Crippen LogP contribution in [0.5, 0.6) is 0 Å². The molecule has 0 spiro atoms. The number of nitrogens with one attached hydrogen (secondary N) is 1. The number of carbonyl (C=O) groups excluding carboxylic acids is 1. The molecule has 3 fully saturated rings. The summed E-state index contributed by atoms with van der Waals surface area (Å²) in [4.78, 5) is 15.9. The van der Waals surface area contributed by atoms with Crippen LogP contribution in [0, 0.1) is 11.7 Å². The molecule has 1 aromatic heterocycles. The minimum atomic E-state index is -0.270. The van der Waals surface area contributed by atoms with Crippen LogP contribution in [0.4, 0.5) is 4.39 Å². The Morgan fingerprint density at radius 3 is 2.68 bits per heavy atom. The Bertz CT molecular complexity index is 756. The number of benzene rings is 1. The lowest BCUT2D eigenvalue weighted by Gasteiger charge is -2.49. The Labute approximate surface area is 154 Å². The molecule has 2 aromatic rings. The van der Waals surface area contributed by atoms with Crippen molar-refractivity contribution >= 4 is 29.0 Å². The summed E-state index contributed by atoms with van der Waals surface area (Å²) in [6.07, 6.45) is 2.30. The number of aromatic nitrogens is 2. The lowest BCUT2D eigenvalue weighted by atomic mass is 9.79. The number of amides is 1. The number of halogens is 1. The lowest BCUT2D eigenvalue weighted by molar-refractivity contribution is 0.0217. The second-order valence-electron chi connectivity index (χ2n) is 6.54. The van der Waals surface area contributed by atoms with Crippen molar-refractivity contribution in [2.45, 2.75) is 41.1 Å². The van der Waals surface area contributed by atoms with Gasteiger partial charge in [-0.2, -0.15) is 0 Å². The Hall–Kier alpha value is -1.51. The molecule has 3 saturated heterocycles. The van der Waals surface area contributed by atoms with E-state index in [-0.39, 0.29) is 17.8 Å². The van der Waals surface area contributed by atoms with Gasteiger partial charge in [-0.05, 0) is 63.0 Å². The van der Waals surface area contributed by atoms with E-state index in [4.69, 9.17) is 0 Å². The van der Waals surface area contributed by atoms with Crippen LogP contribution in [0.15, 0.2) is 33.5 Å². The van der Waals surface area contributed by atoms with Gasteiger partial charge in [-0.1, -0.05) is 23.1 Å². The molecule has 8 heteroatoms. The summed E-state index contributed by atoms with van der Waals surface area (Å²) < 4.78 is 13.6. The highest BCUT2D eigenvalue weighted by atomic mass is 32.2. The molecule has 3 aliphatic heterocycles. The summed E-state index contributed by atoms with van der Waals surface area (Å²) in [5.74, 6) is 0.146. The van der Waals surface area contributed by atoms with Crippen LogP contribution in [0.25, 0.3) is 0 Å². The predicted octanol–water partition coefficient (Wildman–Crippen LogP) is 3.04. The van der Waals surface area contributed by atoms with Crippen molar-refractivity contribution in [3.63, 3.8) is 0 Å². The number of fused-ring (bicyclic) bond motifs is 3. The lowest BCUT2D eigenvalue weighted by Crippen LogP contribution is -2.62. The van der Waals surface area contributed by atoms with Crippen molar-refractivity contribution in [3.05, 3.63) is 35.1 Å². The maximum atomic E-state index is 13.0. The Balaban J connectivity index is 1.41. The molecule has 5 nitrogen and oxygen atoms in total. The first-order valence-corrected chi connectivity index (χ1v) is 10.1. The Morgan fingerprint density at radius 1 is 1.28 bits per heavy atom. The average Bonchev–Trinajstić information content (AvgIpc) is 3.09. The quantitative estimate of drug-likeness (QED) is 0.886. The molecule has 2 atom stereocenters. The fourth-order valence-electron chi connectivity index (χ4n) is 3.70. The highest BCUT2D eigenvalue weighted by Gasteiger charge is 2.40. The van der Waals surface area contributed by atoms with Crippen LogP contribution >= 0.6 is 23.1 Å². The summed E-state index contributed by atoms with van der Waals surface area (Å²) in [7, 11) is 0. The maximum Gasteiger partial charge on any atom is 0.282 e. The van der Waals surface area contributed by atoms with Crippen LogP contribution in [-0.2, 0) is 0 Å². The molecular formula is C17H19FN4OS2. The van der Waals surface area contributed by atoms with Gasteiger partial charge in [0.05, 0.1) is 0 Å². The predicted molar refractivity (Wildman–Crippen MR) is 95.4 cm³/mol. The fourth-order valence-corrected chi connectivity index (χ4v) is 5.43. The number of carbonyl (C=O) groups is 1. The molecule has 25 heavy (non-hydrogen) atoms. The van der Waals surface area contributed by atoms with E-state index in [9.17, 15) is 9.18 Å². The van der Waals surface area contributed by atoms with Gasteiger partial charge in [-0.3, -0.25) is 9.69 Å². The van der Waals surface area contributed by atoms with E-state index in [1.807, 2.05) is 0 Å². The van der Waals surface area contributed by atoms with Crippen LogP contribution in [0.2, 0.25) is 0 Å². The zero-order chi connectivity index (χ0) is 17.4. The summed E-state index contributed by atoms with van der Waals surface area (Å²) in [5, 5.41) is 11.7. The number of hydrogen-bond donors (Lipinski definition) is 1. The number of hydrogen-bond acceptors (Lipinski definition) is 6. The zero-order valence-electron chi connectivity index (χ0n) is 13.8. The van der Waals surface area contributed by atoms with Crippen molar-refractivity contribution < 1.29 is 9.18 Å². The van der Waals surface area contributed by atoms with Gasteiger partial charge in [0.15, 0.2) is 4.34 Å². The van der Waals surface area contributed by atoms with Gasteiger partial charge in [-0.15, -0.1) is 10.2 Å². The van der Waals surface area contributed by atoms with E-state index >= 15 is 0 Å². The van der Waals surface area contributed by atoms with Crippen LogP contribution < -0.4 is 5.32 Å². The molecule has 0 aliphatic carbocycles. The van der Waals surface area contributed by atoms with Gasteiger partial charge in [0.1, 0.15) is 5.82 Å². The van der Waals surface area contributed by atoms with Gasteiger partial charge < -0.3 is 5.32 Å². The third kappa shape index (κ3) is 3.56. The molecule has 2 bridgehead atoms. The summed E-state index contributed by atoms with van der Waals surface area (Å²) in [6.45, 7) is 4.46. The second kappa shape index (κ2) is 7.01. The molecule has 0 radical (unpaired) electrons. The van der Waals surface area contributed by atoms with Gasteiger partial charge in [0, 0.05) is 17.0 Å². The smallest absolute Gasteiger partial charge is 0.282 e. The molecule has 1 amide bonds. The first-order valence-electron chi connectivity index (χ1n) is 8.42. The standard InChI is InChI=1S/C17H19FN4OS2/c1-10-14(11-6-8-22(10)9-7-11)19-15(23)16-20-21-17(25-16)24-13-4-2-12(18)3-5-13/h2-5,10-11,14H,6-9H2,1H3,(H,19,23). The third-order valence-electron chi connectivity index (χ3n) is 5.10. The normalized spacial score (nSPS) is 28.1. The topological polar surface area (TPSA) is 58.1 Å². The van der Waals surface area contributed by atoms with Crippen molar-refractivity contribution in [1.82, 2.24) is 20.4 Å². The van der Waals surface area contributed by atoms with Crippen molar-refractivity contribution in [1.29, 1.82) is 0 Å². The van der Waals surface area contributed by atoms with E-state index in [2.05, 4.69) is 27.3 Å². The summed E-state index contributed by atoms with van der Waals surface area (Å²) in [6, 6.07) is 6.76. The number of rotatable bonds is 4. The van der Waals surface area contributed by atoms with Crippen molar-refractivity contribution in [2.24, 2.45) is 5.92 Å². The molecular weight excluding hydrogens is 359 g/mol. The maximum absolute atomic E-state index is 13.0. The second-order valence-corrected chi connectivity index (χ2v) is 8.84. The van der Waals surface area contributed by atoms with Crippen LogP contribution in [0.3, 0.4) is 0 Å². The molecule has 4 heterocycles. The van der Waals surface area contributed by atoms with Gasteiger partial charge in [-0.25, -0.2) is 4.39 Å². The first kappa shape index (κ1) is 16.9. The van der Waals surface area contributed by atoms with Gasteiger partial charge >= 0.3 is 0 Å². The van der Waals surface area contributed by atoms with E-state index in [0.717, 1.165) is 30.8 Å². The third-order valence-corrected chi connectivity index (χ3v) is 7.08. The van der Waals surface area contributed by atoms with Crippen LogP contribution in [-0.4, -0.2) is 46.2 Å². The molecule has 1 aromatic carbocycles. The number of piperidine rings is 3. The van der Waals surface area contributed by atoms with Gasteiger partial charge in [0.2, 0.25) is 5.01 Å². The minimum Gasteiger partial charge on any atom is -0.345 e. The van der Waals surface area contributed by atoms with Crippen LogP contribution in [0.1, 0.15) is 29.6 Å².